The Bertz CT molecular complexity index is 2130. The number of nitrogens with one attached hydrogen (secondary N) is 1. The Balaban J connectivity index is 1.72. The summed E-state index contributed by atoms with van der Waals surface area (Å²) in [5.41, 5.74) is 5.02. The van der Waals surface area contributed by atoms with Crippen molar-refractivity contribution in [2.24, 2.45) is 0 Å². The zero-order valence-electron chi connectivity index (χ0n) is 30.1. The van der Waals surface area contributed by atoms with Crippen molar-refractivity contribution in [3.8, 4) is 6.07 Å². The fraction of sp³-hybridized carbons (Fsp3) is 0.459. The number of hydrogen-bond donors (Lipinski definition) is 1. The molecule has 12 heteroatoms. The molecule has 0 radical (unpaired) electrons. The second-order valence-electron chi connectivity index (χ2n) is 15.3. The minimum Gasteiger partial charge on any atom is -0.361 e. The van der Waals surface area contributed by atoms with Crippen molar-refractivity contribution in [1.82, 2.24) is 18.2 Å². The van der Waals surface area contributed by atoms with E-state index in [1.807, 2.05) is 81.7 Å². The first-order valence-corrected chi connectivity index (χ1v) is 23.1. The average Bonchev–Trinajstić information content (AvgIpc) is 3.64. The molecular weight excluding hydrogens is 671 g/mol. The van der Waals surface area contributed by atoms with Crippen molar-refractivity contribution in [3.63, 3.8) is 0 Å². The molecule has 1 aliphatic rings. The Morgan fingerprint density at radius 1 is 1.18 bits per heavy atom. The molecule has 2 aromatic carbocycles. The maximum atomic E-state index is 14.5. The summed E-state index contributed by atoms with van der Waals surface area (Å²) in [5.74, 6) is 0.566. The SMILES string of the molecule is CCC1=CC(C)(S(=O)(=O)n2ccc3c(C(NS(=O)C(C)(C)C)c4nc5ccc(C#N)cc5n4COCC[Si](C)(C)C)ccc(C)c32)CC=C1. The number of nitriles is 1. The van der Waals surface area contributed by atoms with Gasteiger partial charge in [0.2, 0.25) is 10.0 Å². The molecule has 4 aromatic rings. The molecule has 3 atom stereocenters. The highest BCUT2D eigenvalue weighted by Crippen LogP contribution is 2.38. The zero-order valence-corrected chi connectivity index (χ0v) is 32.8. The fourth-order valence-corrected chi connectivity index (χ4v) is 9.39. The van der Waals surface area contributed by atoms with E-state index in [2.05, 4.69) is 30.4 Å². The van der Waals surface area contributed by atoms with Crippen LogP contribution in [0.3, 0.4) is 0 Å². The van der Waals surface area contributed by atoms with Crippen LogP contribution in [0.25, 0.3) is 21.9 Å². The molecule has 0 saturated carbocycles. The van der Waals surface area contributed by atoms with Gasteiger partial charge in [0.25, 0.3) is 0 Å². The van der Waals surface area contributed by atoms with Crippen LogP contribution in [-0.4, -0.2) is 50.3 Å². The smallest absolute Gasteiger partial charge is 0.248 e. The highest BCUT2D eigenvalue weighted by molar-refractivity contribution is 7.91. The van der Waals surface area contributed by atoms with Gasteiger partial charge >= 0.3 is 0 Å². The monoisotopic (exact) mass is 719 g/mol. The van der Waals surface area contributed by atoms with Crippen molar-refractivity contribution in [2.75, 3.05) is 6.61 Å². The van der Waals surface area contributed by atoms with E-state index in [0.717, 1.165) is 40.1 Å². The first-order chi connectivity index (χ1) is 22.9. The molecule has 262 valence electrons. The van der Waals surface area contributed by atoms with E-state index in [9.17, 15) is 17.9 Å². The van der Waals surface area contributed by atoms with Crippen LogP contribution in [0.2, 0.25) is 25.7 Å². The van der Waals surface area contributed by atoms with Crippen molar-refractivity contribution in [2.45, 2.75) is 102 Å². The first kappa shape index (κ1) is 36.9. The third-order valence-corrected chi connectivity index (χ3v) is 14.7. The quantitative estimate of drug-likeness (QED) is 0.118. The summed E-state index contributed by atoms with van der Waals surface area (Å²) in [6.07, 6.45) is 8.58. The van der Waals surface area contributed by atoms with Crippen molar-refractivity contribution < 1.29 is 17.4 Å². The third kappa shape index (κ3) is 7.42. The lowest BCUT2D eigenvalue weighted by molar-refractivity contribution is 0.0873. The Labute approximate surface area is 294 Å². The number of aromatic nitrogens is 3. The number of benzene rings is 2. The lowest BCUT2D eigenvalue weighted by Crippen LogP contribution is -2.38. The van der Waals surface area contributed by atoms with E-state index in [1.54, 1.807) is 25.3 Å². The standard InChI is InChI=1S/C37H49N5O4S2Si/c1-10-27-12-11-18-37(6,23-27)48(44,45)42-19-17-30-29(15-13-26(2)34(30)42)33(40-47(43)36(3,4)5)35-39-31-16-14-28(24-38)22-32(31)41(35)25-46-20-21-49(7,8)9/h11-17,19,22-23,33,40H,10,18,20-21,25H2,1-9H3. The Kier molecular flexibility index (Phi) is 10.4. The normalized spacial score (nSPS) is 18.5. The van der Waals surface area contributed by atoms with E-state index in [-0.39, 0.29) is 6.73 Å². The number of aryl methyl sites for hydroxylation is 1. The van der Waals surface area contributed by atoms with Crippen LogP contribution in [0.1, 0.15) is 76.0 Å². The highest BCUT2D eigenvalue weighted by atomic mass is 32.2. The van der Waals surface area contributed by atoms with Crippen LogP contribution >= 0.6 is 0 Å². The number of imidazole rings is 1. The predicted octanol–water partition coefficient (Wildman–Crippen LogP) is 7.86. The van der Waals surface area contributed by atoms with Crippen molar-refractivity contribution in [1.29, 1.82) is 5.26 Å². The minimum absolute atomic E-state index is 0.188. The van der Waals surface area contributed by atoms with Gasteiger partial charge in [-0.05, 0) is 88.9 Å². The molecule has 2 aromatic heterocycles. The second kappa shape index (κ2) is 13.8. The molecule has 5 rings (SSSR count). The topological polar surface area (TPSA) is 119 Å². The number of allylic oxidation sites excluding steroid dienone is 3. The molecule has 0 amide bonds. The lowest BCUT2D eigenvalue weighted by Gasteiger charge is -2.29. The first-order valence-electron chi connectivity index (χ1n) is 16.8. The van der Waals surface area contributed by atoms with Gasteiger partial charge in [-0.3, -0.25) is 0 Å². The second-order valence-corrected chi connectivity index (χ2v) is 25.2. The van der Waals surface area contributed by atoms with Crippen LogP contribution in [0, 0.1) is 18.3 Å². The third-order valence-electron chi connectivity index (χ3n) is 9.13. The molecule has 49 heavy (non-hydrogen) atoms. The summed E-state index contributed by atoms with van der Waals surface area (Å²) < 4.78 is 54.1. The van der Waals surface area contributed by atoms with Crippen molar-refractivity contribution >= 4 is 51.0 Å². The number of fused-ring (bicyclic) bond motifs is 2. The molecule has 0 spiro atoms. The number of nitrogens with zero attached hydrogens (tertiary/aromatic N) is 4. The maximum absolute atomic E-state index is 14.5. The molecule has 0 saturated heterocycles. The summed E-state index contributed by atoms with van der Waals surface area (Å²) in [7, 11) is -6.77. The van der Waals surface area contributed by atoms with Gasteiger partial charge in [0.05, 0.1) is 43.9 Å². The van der Waals surface area contributed by atoms with Crippen LogP contribution in [0.5, 0.6) is 0 Å². The summed E-state index contributed by atoms with van der Waals surface area (Å²) >= 11 is 0. The van der Waals surface area contributed by atoms with Gasteiger partial charge in [-0.25, -0.2) is 26.3 Å². The van der Waals surface area contributed by atoms with E-state index < -0.39 is 44.6 Å². The summed E-state index contributed by atoms with van der Waals surface area (Å²) in [4.78, 5) is 5.06. The molecule has 1 aliphatic carbocycles. The van der Waals surface area contributed by atoms with E-state index in [0.29, 0.717) is 35.4 Å². The Hall–Kier alpha value is -3.34. The van der Waals surface area contributed by atoms with Gasteiger partial charge in [0, 0.05) is 26.3 Å². The van der Waals surface area contributed by atoms with Crippen LogP contribution in [-0.2, 0) is 32.5 Å². The van der Waals surface area contributed by atoms with Gasteiger partial charge < -0.3 is 9.30 Å². The summed E-state index contributed by atoms with van der Waals surface area (Å²) in [6, 6.07) is 13.6. The van der Waals surface area contributed by atoms with Crippen molar-refractivity contribution in [3.05, 3.63) is 88.9 Å². The predicted molar refractivity (Wildman–Crippen MR) is 203 cm³/mol. The molecule has 0 aliphatic heterocycles. The Morgan fingerprint density at radius 2 is 1.92 bits per heavy atom. The molecule has 0 bridgehead atoms. The lowest BCUT2D eigenvalue weighted by atomic mass is 9.96. The number of ether oxygens (including phenoxy) is 1. The molecule has 9 nitrogen and oxygen atoms in total. The summed E-state index contributed by atoms with van der Waals surface area (Å²) in [6.45, 7) is 19.1. The van der Waals surface area contributed by atoms with Crippen LogP contribution in [0.4, 0.5) is 0 Å². The average molecular weight is 720 g/mol. The zero-order chi connectivity index (χ0) is 35.9. The highest BCUT2D eigenvalue weighted by Gasteiger charge is 2.40. The molecule has 0 fully saturated rings. The van der Waals surface area contributed by atoms with E-state index in [4.69, 9.17) is 9.72 Å². The van der Waals surface area contributed by atoms with E-state index >= 15 is 0 Å². The molecule has 1 N–H and O–H groups in total. The number of rotatable bonds is 12. The van der Waals surface area contributed by atoms with Gasteiger partial charge in [0.15, 0.2) is 0 Å². The van der Waals surface area contributed by atoms with E-state index in [1.165, 1.54) is 3.97 Å². The minimum atomic E-state index is -3.89. The molecule has 2 heterocycles. The molecule has 3 unspecified atom stereocenters. The summed E-state index contributed by atoms with van der Waals surface area (Å²) in [5, 5.41) is 10.4. The van der Waals surface area contributed by atoms with Gasteiger partial charge in [-0.15, -0.1) is 0 Å². The Morgan fingerprint density at radius 3 is 2.57 bits per heavy atom. The fourth-order valence-electron chi connectivity index (χ4n) is 6.08. The van der Waals surface area contributed by atoms with Crippen LogP contribution < -0.4 is 4.72 Å². The van der Waals surface area contributed by atoms with Gasteiger partial charge in [-0.1, -0.05) is 62.5 Å². The maximum Gasteiger partial charge on any atom is 0.248 e. The molecular formula is C37H49N5O4S2Si. The van der Waals surface area contributed by atoms with Gasteiger partial charge in [-0.2, -0.15) is 5.26 Å². The van der Waals surface area contributed by atoms with Gasteiger partial charge in [0.1, 0.15) is 23.3 Å². The largest absolute Gasteiger partial charge is 0.361 e. The number of hydrogen-bond acceptors (Lipinski definition) is 6. The van der Waals surface area contributed by atoms with Crippen LogP contribution in [0.15, 0.2) is 66.4 Å².